The van der Waals surface area contributed by atoms with E-state index in [9.17, 15) is 0 Å². The molecule has 0 spiro atoms. The van der Waals surface area contributed by atoms with E-state index >= 15 is 0 Å². The van der Waals surface area contributed by atoms with Crippen molar-refractivity contribution in [3.8, 4) is 0 Å². The molecule has 4 rings (SSSR count). The van der Waals surface area contributed by atoms with Gasteiger partial charge in [-0.25, -0.2) is 4.99 Å². The Bertz CT molecular complexity index is 1130. The molecule has 0 unspecified atom stereocenters. The molecule has 4 aromatic rings. The molecule has 0 fully saturated rings. The van der Waals surface area contributed by atoms with Gasteiger partial charge in [-0.3, -0.25) is 0 Å². The molecule has 0 aliphatic heterocycles. The normalized spacial score (nSPS) is 10.5. The summed E-state index contributed by atoms with van der Waals surface area (Å²) in [6, 6.07) is 38.0. The second-order valence-electron chi connectivity index (χ2n) is 7.48. The molecule has 1 nitrogen and oxygen atoms in total. The molecule has 0 atom stereocenters. The van der Waals surface area contributed by atoms with Crippen LogP contribution in [0.5, 0.6) is 0 Å². The van der Waals surface area contributed by atoms with Gasteiger partial charge in [0.2, 0.25) is 0 Å². The van der Waals surface area contributed by atoms with E-state index < -0.39 is 0 Å². The van der Waals surface area contributed by atoms with Crippen molar-refractivity contribution in [3.63, 3.8) is 0 Å². The van der Waals surface area contributed by atoms with E-state index in [2.05, 4.69) is 111 Å². The molecule has 0 heterocycles. The highest BCUT2D eigenvalue weighted by atomic mass is 14.7. The number of hydrogen-bond acceptors (Lipinski definition) is 1. The molecule has 4 aromatic carbocycles. The van der Waals surface area contributed by atoms with Crippen LogP contribution >= 0.6 is 0 Å². The van der Waals surface area contributed by atoms with Crippen LogP contribution in [0.15, 0.2) is 114 Å². The summed E-state index contributed by atoms with van der Waals surface area (Å²) in [5, 5.41) is 0. The number of allylic oxidation sites excluding steroid dienone is 1. The SMILES string of the molecule is CC(=C=Nc1c(C)cccc1C(c1ccccc1)c1ccccc1)c1ccccc1. The van der Waals surface area contributed by atoms with Crippen molar-refractivity contribution in [2.24, 2.45) is 4.99 Å². The van der Waals surface area contributed by atoms with E-state index in [-0.39, 0.29) is 5.92 Å². The van der Waals surface area contributed by atoms with Crippen molar-refractivity contribution in [2.75, 3.05) is 0 Å². The highest BCUT2D eigenvalue weighted by molar-refractivity contribution is 5.90. The zero-order valence-electron chi connectivity index (χ0n) is 17.4. The van der Waals surface area contributed by atoms with E-state index in [1.54, 1.807) is 0 Å². The van der Waals surface area contributed by atoms with E-state index in [0.29, 0.717) is 0 Å². The summed E-state index contributed by atoms with van der Waals surface area (Å²) in [5.41, 5.74) is 8.02. The topological polar surface area (TPSA) is 12.4 Å². The lowest BCUT2D eigenvalue weighted by Crippen LogP contribution is -2.04. The quantitative estimate of drug-likeness (QED) is 0.247. The molecule has 0 aliphatic rings. The van der Waals surface area contributed by atoms with Crippen LogP contribution in [0.1, 0.15) is 40.7 Å². The molecule has 0 saturated carbocycles. The predicted molar refractivity (Wildman–Crippen MR) is 128 cm³/mol. The Kier molecular flexibility index (Phi) is 6.03. The summed E-state index contributed by atoms with van der Waals surface area (Å²) >= 11 is 0. The first-order chi connectivity index (χ1) is 14.7. The first-order valence-electron chi connectivity index (χ1n) is 10.3. The first-order valence-corrected chi connectivity index (χ1v) is 10.3. The third-order valence-electron chi connectivity index (χ3n) is 5.39. The van der Waals surface area contributed by atoms with Crippen LogP contribution in [-0.2, 0) is 0 Å². The van der Waals surface area contributed by atoms with Gasteiger partial charge in [-0.2, -0.15) is 0 Å². The Balaban J connectivity index is 1.88. The van der Waals surface area contributed by atoms with Crippen molar-refractivity contribution in [2.45, 2.75) is 19.8 Å². The van der Waals surface area contributed by atoms with Gasteiger partial charge >= 0.3 is 0 Å². The largest absolute Gasteiger partial charge is 0.205 e. The van der Waals surface area contributed by atoms with Crippen LogP contribution in [-0.4, -0.2) is 5.87 Å². The molecule has 0 N–H and O–H groups in total. The highest BCUT2D eigenvalue weighted by Gasteiger charge is 2.20. The van der Waals surface area contributed by atoms with Gasteiger partial charge in [-0.05, 0) is 47.5 Å². The molecule has 0 saturated heterocycles. The zero-order valence-corrected chi connectivity index (χ0v) is 17.4. The van der Waals surface area contributed by atoms with Gasteiger partial charge in [0.25, 0.3) is 0 Å². The van der Waals surface area contributed by atoms with Gasteiger partial charge in [0, 0.05) is 11.5 Å². The highest BCUT2D eigenvalue weighted by Crippen LogP contribution is 2.38. The monoisotopic (exact) mass is 387 g/mol. The van der Waals surface area contributed by atoms with Crippen LogP contribution < -0.4 is 0 Å². The number of hydrogen-bond donors (Lipinski definition) is 0. The zero-order chi connectivity index (χ0) is 20.8. The maximum Gasteiger partial charge on any atom is 0.0800 e. The summed E-state index contributed by atoms with van der Waals surface area (Å²) in [5.74, 6) is 3.41. The lowest BCUT2D eigenvalue weighted by atomic mass is 9.83. The standard InChI is InChI=1S/C29H25N/c1-22-13-12-20-27(29(22)30-21-23(2)24-14-6-3-7-15-24)28(25-16-8-4-9-17-25)26-18-10-5-11-19-26/h3-20,28H,1-2H3. The Morgan fingerprint density at radius 2 is 1.20 bits per heavy atom. The fourth-order valence-corrected chi connectivity index (χ4v) is 3.80. The van der Waals surface area contributed by atoms with Gasteiger partial charge in [0.1, 0.15) is 0 Å². The lowest BCUT2D eigenvalue weighted by Gasteiger charge is -2.21. The van der Waals surface area contributed by atoms with Gasteiger partial charge in [0.15, 0.2) is 0 Å². The molecule has 0 radical (unpaired) electrons. The fourth-order valence-electron chi connectivity index (χ4n) is 3.80. The first kappa shape index (κ1) is 19.6. The molecule has 0 bridgehead atoms. The van der Waals surface area contributed by atoms with Crippen molar-refractivity contribution in [3.05, 3.63) is 137 Å². The molecule has 146 valence electrons. The summed E-state index contributed by atoms with van der Waals surface area (Å²) in [7, 11) is 0. The van der Waals surface area contributed by atoms with E-state index in [1.807, 2.05) is 18.2 Å². The van der Waals surface area contributed by atoms with E-state index in [1.165, 1.54) is 16.7 Å². The summed E-state index contributed by atoms with van der Waals surface area (Å²) in [6.45, 7) is 4.18. The maximum absolute atomic E-state index is 4.87. The minimum atomic E-state index is 0.116. The molecule has 0 aromatic heterocycles. The van der Waals surface area contributed by atoms with Crippen LogP contribution in [0.2, 0.25) is 0 Å². The van der Waals surface area contributed by atoms with Crippen molar-refractivity contribution < 1.29 is 0 Å². The van der Waals surface area contributed by atoms with Crippen LogP contribution in [0, 0.1) is 6.92 Å². The maximum atomic E-state index is 4.87. The van der Waals surface area contributed by atoms with Gasteiger partial charge in [-0.1, -0.05) is 109 Å². The molecule has 1 heteroatoms. The molecular weight excluding hydrogens is 362 g/mol. The van der Waals surface area contributed by atoms with Gasteiger partial charge < -0.3 is 0 Å². The molecule has 30 heavy (non-hydrogen) atoms. The van der Waals surface area contributed by atoms with Gasteiger partial charge in [0.05, 0.1) is 5.69 Å². The van der Waals surface area contributed by atoms with Crippen molar-refractivity contribution >= 4 is 17.1 Å². The Morgan fingerprint density at radius 1 is 0.667 bits per heavy atom. The number of aryl methyl sites for hydroxylation is 1. The molecular formula is C29H25N. The Hall–Kier alpha value is -3.67. The minimum absolute atomic E-state index is 0.116. The average molecular weight is 388 g/mol. The third-order valence-corrected chi connectivity index (χ3v) is 5.39. The smallest absolute Gasteiger partial charge is 0.0800 e. The second-order valence-corrected chi connectivity index (χ2v) is 7.48. The molecule has 0 amide bonds. The second kappa shape index (κ2) is 9.22. The van der Waals surface area contributed by atoms with Gasteiger partial charge in [-0.15, -0.1) is 0 Å². The number of nitrogens with zero attached hydrogens (tertiary/aromatic N) is 1. The van der Waals surface area contributed by atoms with E-state index in [0.717, 1.165) is 22.4 Å². The van der Waals surface area contributed by atoms with Crippen LogP contribution in [0.4, 0.5) is 5.69 Å². The van der Waals surface area contributed by atoms with E-state index in [4.69, 9.17) is 4.99 Å². The average Bonchev–Trinajstić information content (AvgIpc) is 2.81. The number of para-hydroxylation sites is 1. The lowest BCUT2D eigenvalue weighted by molar-refractivity contribution is 0.973. The molecule has 0 aliphatic carbocycles. The number of rotatable bonds is 5. The van der Waals surface area contributed by atoms with Crippen LogP contribution in [0.3, 0.4) is 0 Å². The van der Waals surface area contributed by atoms with Crippen molar-refractivity contribution in [1.29, 1.82) is 0 Å². The third kappa shape index (κ3) is 4.33. The summed E-state index contributed by atoms with van der Waals surface area (Å²) in [6.07, 6.45) is 0. The summed E-state index contributed by atoms with van der Waals surface area (Å²) in [4.78, 5) is 4.87. The Morgan fingerprint density at radius 3 is 1.77 bits per heavy atom. The number of benzene rings is 4. The Labute approximate surface area is 179 Å². The predicted octanol–water partition coefficient (Wildman–Crippen LogP) is 7.58. The van der Waals surface area contributed by atoms with Crippen molar-refractivity contribution in [1.82, 2.24) is 0 Å². The summed E-state index contributed by atoms with van der Waals surface area (Å²) < 4.78 is 0. The number of aliphatic imine (C=N–C) groups is 1. The van der Waals surface area contributed by atoms with Crippen LogP contribution in [0.25, 0.3) is 5.57 Å². The fraction of sp³-hybridized carbons (Fsp3) is 0.103. The minimum Gasteiger partial charge on any atom is -0.205 e.